The van der Waals surface area contributed by atoms with Gasteiger partial charge in [0.25, 0.3) is 0 Å². The predicted octanol–water partition coefficient (Wildman–Crippen LogP) is 5.31. The van der Waals surface area contributed by atoms with Crippen molar-refractivity contribution in [2.45, 2.75) is 40.0 Å². The van der Waals surface area contributed by atoms with E-state index in [4.69, 9.17) is 9.47 Å². The molecule has 1 aromatic carbocycles. The third kappa shape index (κ3) is 2.92. The van der Waals surface area contributed by atoms with Crippen LogP contribution in [0, 0.1) is 11.3 Å². The lowest BCUT2D eigenvalue weighted by atomic mass is 9.72. The number of rotatable bonds is 2. The molecule has 0 amide bonds. The quantitative estimate of drug-likeness (QED) is 0.651. The molecule has 5 rings (SSSR count). The summed E-state index contributed by atoms with van der Waals surface area (Å²) < 4.78 is 10.9. The average molecular weight is 382 g/mol. The largest absolute Gasteiger partial charge is 0.454 e. The first-order chi connectivity index (χ1) is 13.0. The molecule has 0 bridgehead atoms. The van der Waals surface area contributed by atoms with E-state index in [2.05, 4.69) is 36.1 Å². The van der Waals surface area contributed by atoms with Crippen LogP contribution in [0.3, 0.4) is 0 Å². The molecule has 0 radical (unpaired) electrons. The molecule has 1 N–H and O–H groups in total. The molecule has 0 saturated heterocycles. The van der Waals surface area contributed by atoms with Gasteiger partial charge in [0.1, 0.15) is 17.0 Å². The van der Waals surface area contributed by atoms with E-state index in [1.807, 2.05) is 29.5 Å². The van der Waals surface area contributed by atoms with Gasteiger partial charge < -0.3 is 14.8 Å². The lowest BCUT2D eigenvalue weighted by Crippen LogP contribution is -2.26. The van der Waals surface area contributed by atoms with Gasteiger partial charge in [0.05, 0.1) is 5.39 Å². The Morgan fingerprint density at radius 1 is 1.15 bits per heavy atom. The minimum absolute atomic E-state index is 0.281. The minimum Gasteiger partial charge on any atom is -0.454 e. The molecule has 2 aliphatic rings. The SMILES string of the molecule is CC(C)(C)C1CCc2c(sc3ncnc(Nc4ccc5c(c4)OCO5)c23)C1. The molecular formula is C21H23N3O2S. The number of hydrogen-bond donors (Lipinski definition) is 1. The Kier molecular flexibility index (Phi) is 3.79. The first-order valence-electron chi connectivity index (χ1n) is 9.41. The van der Waals surface area contributed by atoms with Crippen molar-refractivity contribution in [2.75, 3.05) is 12.1 Å². The number of benzene rings is 1. The van der Waals surface area contributed by atoms with Crippen LogP contribution in [0.2, 0.25) is 0 Å². The fourth-order valence-electron chi connectivity index (χ4n) is 4.06. The fraction of sp³-hybridized carbons (Fsp3) is 0.429. The van der Waals surface area contributed by atoms with Crippen LogP contribution in [0.1, 0.15) is 37.6 Å². The van der Waals surface area contributed by atoms with Gasteiger partial charge in [-0.1, -0.05) is 20.8 Å². The molecule has 27 heavy (non-hydrogen) atoms. The highest BCUT2D eigenvalue weighted by atomic mass is 32.1. The first kappa shape index (κ1) is 16.8. The van der Waals surface area contributed by atoms with E-state index in [-0.39, 0.29) is 6.79 Å². The molecule has 2 aromatic heterocycles. The number of anilines is 2. The van der Waals surface area contributed by atoms with Crippen LogP contribution < -0.4 is 14.8 Å². The van der Waals surface area contributed by atoms with Crippen LogP contribution in [0.5, 0.6) is 11.5 Å². The summed E-state index contributed by atoms with van der Waals surface area (Å²) in [5.74, 6) is 3.15. The van der Waals surface area contributed by atoms with Gasteiger partial charge >= 0.3 is 0 Å². The summed E-state index contributed by atoms with van der Waals surface area (Å²) in [7, 11) is 0. The van der Waals surface area contributed by atoms with E-state index in [1.165, 1.54) is 22.2 Å². The summed E-state index contributed by atoms with van der Waals surface area (Å²) in [6, 6.07) is 5.89. The Balaban J connectivity index is 1.52. The second-order valence-corrected chi connectivity index (χ2v) is 9.49. The van der Waals surface area contributed by atoms with Gasteiger partial charge in [-0.25, -0.2) is 9.97 Å². The van der Waals surface area contributed by atoms with Crippen molar-refractivity contribution in [3.8, 4) is 11.5 Å². The van der Waals surface area contributed by atoms with Gasteiger partial charge in [0.2, 0.25) is 6.79 Å². The summed E-state index contributed by atoms with van der Waals surface area (Å²) in [6.45, 7) is 7.33. The average Bonchev–Trinajstić information content (AvgIpc) is 3.24. The topological polar surface area (TPSA) is 56.3 Å². The molecule has 140 valence electrons. The maximum atomic E-state index is 5.49. The molecule has 6 heteroatoms. The lowest BCUT2D eigenvalue weighted by Gasteiger charge is -2.33. The van der Waals surface area contributed by atoms with E-state index >= 15 is 0 Å². The molecule has 0 saturated carbocycles. The van der Waals surface area contributed by atoms with Gasteiger partial charge in [-0.05, 0) is 48.3 Å². The van der Waals surface area contributed by atoms with Crippen molar-refractivity contribution in [1.82, 2.24) is 9.97 Å². The van der Waals surface area contributed by atoms with Crippen molar-refractivity contribution in [3.63, 3.8) is 0 Å². The number of aromatic nitrogens is 2. The fourth-order valence-corrected chi connectivity index (χ4v) is 5.32. The number of nitrogens with one attached hydrogen (secondary N) is 1. The number of aryl methyl sites for hydroxylation is 1. The van der Waals surface area contributed by atoms with Crippen LogP contribution in [0.25, 0.3) is 10.2 Å². The van der Waals surface area contributed by atoms with Crippen molar-refractivity contribution < 1.29 is 9.47 Å². The Morgan fingerprint density at radius 3 is 2.85 bits per heavy atom. The summed E-state index contributed by atoms with van der Waals surface area (Å²) >= 11 is 1.83. The molecule has 3 aromatic rings. The minimum atomic E-state index is 0.281. The normalized spacial score (nSPS) is 18.6. The van der Waals surface area contributed by atoms with Gasteiger partial charge in [-0.2, -0.15) is 0 Å². The van der Waals surface area contributed by atoms with Gasteiger partial charge in [0.15, 0.2) is 11.5 Å². The molecule has 5 nitrogen and oxygen atoms in total. The number of fused-ring (bicyclic) bond motifs is 4. The maximum absolute atomic E-state index is 5.49. The molecule has 0 spiro atoms. The van der Waals surface area contributed by atoms with Crippen LogP contribution in [0.15, 0.2) is 24.5 Å². The molecular weight excluding hydrogens is 358 g/mol. The van der Waals surface area contributed by atoms with E-state index in [9.17, 15) is 0 Å². The van der Waals surface area contributed by atoms with Gasteiger partial charge in [0, 0.05) is 16.6 Å². The van der Waals surface area contributed by atoms with E-state index in [0.717, 1.165) is 46.6 Å². The van der Waals surface area contributed by atoms with Crippen molar-refractivity contribution >= 4 is 33.1 Å². The van der Waals surface area contributed by atoms with E-state index < -0.39 is 0 Å². The van der Waals surface area contributed by atoms with Crippen molar-refractivity contribution in [3.05, 3.63) is 35.0 Å². The molecule has 1 atom stereocenters. The molecule has 1 aliphatic heterocycles. The second-order valence-electron chi connectivity index (χ2n) is 8.41. The highest BCUT2D eigenvalue weighted by Gasteiger charge is 2.31. The second kappa shape index (κ2) is 6.09. The van der Waals surface area contributed by atoms with Crippen LogP contribution in [-0.4, -0.2) is 16.8 Å². The monoisotopic (exact) mass is 381 g/mol. The Morgan fingerprint density at radius 2 is 2.00 bits per heavy atom. The Bertz CT molecular complexity index is 1020. The molecule has 1 unspecified atom stereocenters. The van der Waals surface area contributed by atoms with Gasteiger partial charge in [-0.3, -0.25) is 0 Å². The zero-order valence-electron chi connectivity index (χ0n) is 15.8. The summed E-state index contributed by atoms with van der Waals surface area (Å²) in [6.07, 6.45) is 5.12. The number of thiophene rings is 1. The summed E-state index contributed by atoms with van der Waals surface area (Å²) in [4.78, 5) is 11.7. The third-order valence-corrected chi connectivity index (χ3v) is 6.87. The van der Waals surface area contributed by atoms with Crippen molar-refractivity contribution in [2.24, 2.45) is 11.3 Å². The number of hydrogen-bond acceptors (Lipinski definition) is 6. The Labute approximate surface area is 162 Å². The molecule has 0 fully saturated rings. The predicted molar refractivity (Wildman–Crippen MR) is 108 cm³/mol. The molecule has 1 aliphatic carbocycles. The lowest BCUT2D eigenvalue weighted by molar-refractivity contribution is 0.174. The van der Waals surface area contributed by atoms with Gasteiger partial charge in [-0.15, -0.1) is 11.3 Å². The highest BCUT2D eigenvalue weighted by molar-refractivity contribution is 7.19. The van der Waals surface area contributed by atoms with Crippen LogP contribution in [-0.2, 0) is 12.8 Å². The summed E-state index contributed by atoms with van der Waals surface area (Å²) in [5.41, 5.74) is 2.72. The van der Waals surface area contributed by atoms with Crippen molar-refractivity contribution in [1.29, 1.82) is 0 Å². The van der Waals surface area contributed by atoms with Crippen LogP contribution in [0.4, 0.5) is 11.5 Å². The van der Waals surface area contributed by atoms with E-state index in [0.29, 0.717) is 5.41 Å². The zero-order valence-corrected chi connectivity index (χ0v) is 16.7. The smallest absolute Gasteiger partial charge is 0.231 e. The zero-order chi connectivity index (χ0) is 18.6. The Hall–Kier alpha value is -2.34. The first-order valence-corrected chi connectivity index (χ1v) is 10.2. The highest BCUT2D eigenvalue weighted by Crippen LogP contribution is 2.44. The molecule has 3 heterocycles. The third-order valence-electron chi connectivity index (χ3n) is 5.71. The number of ether oxygens (including phenoxy) is 2. The van der Waals surface area contributed by atoms with E-state index in [1.54, 1.807) is 6.33 Å². The standard InChI is InChI=1S/C21H23N3O2S/c1-21(2,3)12-4-6-14-17(8-12)27-20-18(14)19(22-10-23-20)24-13-5-7-15-16(9-13)26-11-25-15/h5,7,9-10,12H,4,6,8,11H2,1-3H3,(H,22,23,24). The summed E-state index contributed by atoms with van der Waals surface area (Å²) in [5, 5.41) is 4.66. The number of nitrogens with zero attached hydrogens (tertiary/aromatic N) is 2. The maximum Gasteiger partial charge on any atom is 0.231 e. The van der Waals surface area contributed by atoms with Crippen LogP contribution >= 0.6 is 11.3 Å².